The van der Waals surface area contributed by atoms with Crippen LogP contribution in [0.5, 0.6) is 0 Å². The molecule has 1 heterocycles. The number of hydrogen-bond acceptors (Lipinski definition) is 4. The van der Waals surface area contributed by atoms with E-state index in [1.54, 1.807) is 18.3 Å². The highest BCUT2D eigenvalue weighted by molar-refractivity contribution is 5.74. The minimum absolute atomic E-state index is 0.281. The number of aliphatic hydroxyl groups is 2. The number of carbonyl (C=O) groups excluding carboxylic acids is 1. The second-order valence-corrected chi connectivity index (χ2v) is 3.44. The lowest BCUT2D eigenvalue weighted by Crippen LogP contribution is -2.26. The number of nitrogens with zero attached hydrogens (tertiary/aromatic N) is 1. The van der Waals surface area contributed by atoms with Crippen LogP contribution in [0.2, 0.25) is 0 Å². The predicted octanol–water partition coefficient (Wildman–Crippen LogP) is -0.340. The SMILES string of the molecule is Cc1ccc(C(O)C(O)CC(N)=O)nc1. The van der Waals surface area contributed by atoms with Gasteiger partial charge >= 0.3 is 0 Å². The van der Waals surface area contributed by atoms with Crippen LogP contribution in [-0.4, -0.2) is 27.2 Å². The van der Waals surface area contributed by atoms with Gasteiger partial charge in [0, 0.05) is 6.20 Å². The van der Waals surface area contributed by atoms with Crippen molar-refractivity contribution in [3.8, 4) is 0 Å². The average Bonchev–Trinajstić information content (AvgIpc) is 2.17. The minimum Gasteiger partial charge on any atom is -0.389 e. The number of rotatable bonds is 4. The zero-order valence-electron chi connectivity index (χ0n) is 8.42. The minimum atomic E-state index is -1.21. The van der Waals surface area contributed by atoms with Crippen LogP contribution < -0.4 is 5.73 Å². The molecule has 1 amide bonds. The molecule has 82 valence electrons. The number of primary amides is 1. The maximum Gasteiger partial charge on any atom is 0.220 e. The van der Waals surface area contributed by atoms with Gasteiger partial charge in [-0.3, -0.25) is 9.78 Å². The summed E-state index contributed by atoms with van der Waals surface area (Å²) < 4.78 is 0. The number of amides is 1. The lowest BCUT2D eigenvalue weighted by atomic mass is 10.1. The Morgan fingerprint density at radius 2 is 2.20 bits per heavy atom. The molecule has 2 atom stereocenters. The molecule has 2 unspecified atom stereocenters. The molecule has 5 nitrogen and oxygen atoms in total. The van der Waals surface area contributed by atoms with E-state index in [1.807, 2.05) is 6.92 Å². The van der Waals surface area contributed by atoms with E-state index in [9.17, 15) is 15.0 Å². The summed E-state index contributed by atoms with van der Waals surface area (Å²) in [5, 5.41) is 19.0. The van der Waals surface area contributed by atoms with Crippen LogP contribution >= 0.6 is 0 Å². The number of hydrogen-bond donors (Lipinski definition) is 3. The van der Waals surface area contributed by atoms with Gasteiger partial charge in [0.15, 0.2) is 0 Å². The standard InChI is InChI=1S/C10H14N2O3/c1-6-2-3-7(12-5-6)10(15)8(13)4-9(11)14/h2-3,5,8,10,13,15H,4H2,1H3,(H2,11,14). The van der Waals surface area contributed by atoms with Gasteiger partial charge in [-0.2, -0.15) is 0 Å². The Balaban J connectivity index is 2.71. The first kappa shape index (κ1) is 11.6. The molecule has 0 aliphatic carbocycles. The van der Waals surface area contributed by atoms with Crippen molar-refractivity contribution in [2.24, 2.45) is 5.73 Å². The van der Waals surface area contributed by atoms with Crippen LogP contribution in [0.1, 0.15) is 23.8 Å². The number of aromatic nitrogens is 1. The van der Waals surface area contributed by atoms with Gasteiger partial charge in [0.05, 0.1) is 18.2 Å². The van der Waals surface area contributed by atoms with Crippen molar-refractivity contribution < 1.29 is 15.0 Å². The Kier molecular flexibility index (Phi) is 3.76. The first-order valence-electron chi connectivity index (χ1n) is 4.57. The van der Waals surface area contributed by atoms with E-state index in [4.69, 9.17) is 5.73 Å². The van der Waals surface area contributed by atoms with E-state index < -0.39 is 18.1 Å². The van der Waals surface area contributed by atoms with Gasteiger partial charge < -0.3 is 15.9 Å². The molecule has 0 saturated carbocycles. The summed E-state index contributed by atoms with van der Waals surface area (Å²) in [6.45, 7) is 1.86. The van der Waals surface area contributed by atoms with Crippen molar-refractivity contribution in [1.29, 1.82) is 0 Å². The Bertz CT molecular complexity index is 337. The summed E-state index contributed by atoms with van der Waals surface area (Å²) in [7, 11) is 0. The Morgan fingerprint density at radius 3 is 2.67 bits per heavy atom. The summed E-state index contributed by atoms with van der Waals surface area (Å²) in [4.78, 5) is 14.5. The molecule has 0 spiro atoms. The highest BCUT2D eigenvalue weighted by Gasteiger charge is 2.21. The van der Waals surface area contributed by atoms with Crippen LogP contribution in [0.3, 0.4) is 0 Å². The first-order valence-corrected chi connectivity index (χ1v) is 4.57. The van der Waals surface area contributed by atoms with Gasteiger partial charge in [-0.25, -0.2) is 0 Å². The van der Waals surface area contributed by atoms with Gasteiger partial charge in [0.25, 0.3) is 0 Å². The fraction of sp³-hybridized carbons (Fsp3) is 0.400. The highest BCUT2D eigenvalue weighted by Crippen LogP contribution is 2.16. The van der Waals surface area contributed by atoms with Crippen molar-refractivity contribution in [3.63, 3.8) is 0 Å². The molecule has 1 aromatic rings. The summed E-state index contributed by atoms with van der Waals surface area (Å²) >= 11 is 0. The summed E-state index contributed by atoms with van der Waals surface area (Å²) in [6.07, 6.45) is -1.09. The van der Waals surface area contributed by atoms with E-state index in [-0.39, 0.29) is 6.42 Å². The monoisotopic (exact) mass is 210 g/mol. The van der Waals surface area contributed by atoms with Crippen LogP contribution in [0.25, 0.3) is 0 Å². The smallest absolute Gasteiger partial charge is 0.220 e. The van der Waals surface area contributed by atoms with Crippen molar-refractivity contribution in [1.82, 2.24) is 4.98 Å². The fourth-order valence-electron chi connectivity index (χ4n) is 1.17. The van der Waals surface area contributed by atoms with Crippen LogP contribution in [0.15, 0.2) is 18.3 Å². The lowest BCUT2D eigenvalue weighted by molar-refractivity contribution is -0.121. The van der Waals surface area contributed by atoms with E-state index in [1.165, 1.54) is 0 Å². The summed E-state index contributed by atoms with van der Waals surface area (Å²) in [5.41, 5.74) is 6.19. The van der Waals surface area contributed by atoms with Gasteiger partial charge in [0.1, 0.15) is 6.10 Å². The number of pyridine rings is 1. The molecule has 0 fully saturated rings. The number of aliphatic hydroxyl groups excluding tert-OH is 2. The number of carbonyl (C=O) groups is 1. The van der Waals surface area contributed by atoms with Gasteiger partial charge in [0.2, 0.25) is 5.91 Å². The van der Waals surface area contributed by atoms with E-state index in [0.717, 1.165) is 5.56 Å². The average molecular weight is 210 g/mol. The Morgan fingerprint density at radius 1 is 1.53 bits per heavy atom. The lowest BCUT2D eigenvalue weighted by Gasteiger charge is -2.15. The molecule has 0 aromatic carbocycles. The molecule has 0 radical (unpaired) electrons. The molecule has 0 aliphatic heterocycles. The molecule has 0 bridgehead atoms. The zero-order chi connectivity index (χ0) is 11.4. The molecule has 15 heavy (non-hydrogen) atoms. The quantitative estimate of drug-likeness (QED) is 0.633. The maximum absolute atomic E-state index is 10.5. The maximum atomic E-state index is 10.5. The van der Waals surface area contributed by atoms with Gasteiger partial charge in [-0.1, -0.05) is 6.07 Å². The molecule has 1 aromatic heterocycles. The summed E-state index contributed by atoms with van der Waals surface area (Å²) in [6, 6.07) is 3.37. The summed E-state index contributed by atoms with van der Waals surface area (Å²) in [5.74, 6) is -0.659. The third-order valence-corrected chi connectivity index (χ3v) is 2.01. The molecule has 1 rings (SSSR count). The third-order valence-electron chi connectivity index (χ3n) is 2.01. The molecular weight excluding hydrogens is 196 g/mol. The topological polar surface area (TPSA) is 96.4 Å². The zero-order valence-corrected chi connectivity index (χ0v) is 8.42. The van der Waals surface area contributed by atoms with Gasteiger partial charge in [-0.15, -0.1) is 0 Å². The Hall–Kier alpha value is -1.46. The van der Waals surface area contributed by atoms with Gasteiger partial charge in [-0.05, 0) is 18.6 Å². The van der Waals surface area contributed by atoms with Crippen LogP contribution in [-0.2, 0) is 4.79 Å². The number of aryl methyl sites for hydroxylation is 1. The third kappa shape index (κ3) is 3.30. The molecule has 0 saturated heterocycles. The largest absolute Gasteiger partial charge is 0.389 e. The van der Waals surface area contributed by atoms with Crippen LogP contribution in [0, 0.1) is 6.92 Å². The fourth-order valence-corrected chi connectivity index (χ4v) is 1.17. The first-order chi connectivity index (χ1) is 7.00. The normalized spacial score (nSPS) is 14.6. The van der Waals surface area contributed by atoms with Crippen molar-refractivity contribution in [3.05, 3.63) is 29.6 Å². The van der Waals surface area contributed by atoms with Crippen molar-refractivity contribution >= 4 is 5.91 Å². The van der Waals surface area contributed by atoms with Crippen LogP contribution in [0.4, 0.5) is 0 Å². The van der Waals surface area contributed by atoms with E-state index in [0.29, 0.717) is 5.69 Å². The number of nitrogens with two attached hydrogens (primary N) is 1. The predicted molar refractivity (Wildman–Crippen MR) is 53.8 cm³/mol. The molecular formula is C10H14N2O3. The second kappa shape index (κ2) is 4.86. The van der Waals surface area contributed by atoms with E-state index in [2.05, 4.69) is 4.98 Å². The Labute approximate surface area is 87.6 Å². The van der Waals surface area contributed by atoms with Crippen molar-refractivity contribution in [2.45, 2.75) is 25.6 Å². The second-order valence-electron chi connectivity index (χ2n) is 3.44. The van der Waals surface area contributed by atoms with Crippen molar-refractivity contribution in [2.75, 3.05) is 0 Å². The molecule has 0 aliphatic rings. The molecule has 4 N–H and O–H groups in total. The highest BCUT2D eigenvalue weighted by atomic mass is 16.3. The molecule has 5 heteroatoms. The van der Waals surface area contributed by atoms with E-state index >= 15 is 0 Å².